The number of hydrogen-bond acceptors (Lipinski definition) is 3. The van der Waals surface area contributed by atoms with Crippen molar-refractivity contribution < 1.29 is 13.2 Å². The molecule has 62 valence electrons. The van der Waals surface area contributed by atoms with Crippen LogP contribution in [0.15, 0.2) is 0 Å². The molecule has 0 bridgehead atoms. The number of nitrogens with zero attached hydrogens (tertiary/aromatic N) is 1. The predicted octanol–water partition coefficient (Wildman–Crippen LogP) is -0.637. The maximum Gasteiger partial charge on any atom is 0.222 e. The molecule has 0 amide bonds. The Morgan fingerprint density at radius 2 is 2.18 bits per heavy atom. The van der Waals surface area contributed by atoms with Crippen molar-refractivity contribution in [1.82, 2.24) is 4.31 Å². The third-order valence-corrected chi connectivity index (χ3v) is 4.49. The monoisotopic (exact) mass is 175 g/mol. The summed E-state index contributed by atoms with van der Waals surface area (Å²) in [6, 6.07) is 0. The van der Waals surface area contributed by atoms with Gasteiger partial charge in [-0.1, -0.05) is 0 Å². The lowest BCUT2D eigenvalue weighted by Gasteiger charge is -2.41. The molecule has 0 saturated carbocycles. The Bertz CT molecular complexity index is 321. The second-order valence-corrected chi connectivity index (χ2v) is 5.17. The van der Waals surface area contributed by atoms with Crippen molar-refractivity contribution in [2.45, 2.75) is 18.9 Å². The van der Waals surface area contributed by atoms with E-state index in [0.29, 0.717) is 13.0 Å². The molecule has 2 heterocycles. The lowest BCUT2D eigenvalue weighted by molar-refractivity contribution is -0.127. The average molecular weight is 175 g/mol. The fourth-order valence-electron chi connectivity index (χ4n) is 1.66. The van der Waals surface area contributed by atoms with Gasteiger partial charge in [0.05, 0.1) is 5.54 Å². The first kappa shape index (κ1) is 7.24. The molecule has 2 saturated heterocycles. The van der Waals surface area contributed by atoms with Crippen molar-refractivity contribution in [1.29, 1.82) is 0 Å². The highest BCUT2D eigenvalue weighted by molar-refractivity contribution is 7.90. The Labute approximate surface area is 65.2 Å². The minimum absolute atomic E-state index is 0.149. The largest absolute Gasteiger partial charge is 0.296 e. The van der Waals surface area contributed by atoms with Crippen molar-refractivity contribution in [2.24, 2.45) is 0 Å². The van der Waals surface area contributed by atoms with Gasteiger partial charge in [0.25, 0.3) is 0 Å². The summed E-state index contributed by atoms with van der Waals surface area (Å²) in [4.78, 5) is 11.2. The van der Waals surface area contributed by atoms with E-state index in [2.05, 4.69) is 0 Å². The number of fused-ring (bicyclic) bond motifs is 1. The quantitative estimate of drug-likeness (QED) is 0.492. The zero-order chi connectivity index (χ0) is 8.28. The van der Waals surface area contributed by atoms with Gasteiger partial charge in [-0.15, -0.1) is 0 Å². The van der Waals surface area contributed by atoms with Gasteiger partial charge in [-0.05, 0) is 13.3 Å². The van der Waals surface area contributed by atoms with E-state index in [4.69, 9.17) is 0 Å². The molecule has 2 rings (SSSR count). The van der Waals surface area contributed by atoms with Crippen LogP contribution < -0.4 is 0 Å². The van der Waals surface area contributed by atoms with Crippen LogP contribution in [-0.2, 0) is 14.8 Å². The minimum atomic E-state index is -3.21. The lowest BCUT2D eigenvalue weighted by Crippen LogP contribution is -2.57. The fraction of sp³-hybridized carbons (Fsp3) is 0.833. The second kappa shape index (κ2) is 1.67. The molecule has 2 aliphatic heterocycles. The Morgan fingerprint density at radius 3 is 2.36 bits per heavy atom. The smallest absolute Gasteiger partial charge is 0.222 e. The third kappa shape index (κ3) is 0.674. The Balaban J connectivity index is 2.51. The summed E-state index contributed by atoms with van der Waals surface area (Å²) in [5, 5.41) is 0. The number of carbonyl (C=O) groups is 1. The molecule has 5 heteroatoms. The van der Waals surface area contributed by atoms with Gasteiger partial charge in [0.15, 0.2) is 5.78 Å². The van der Waals surface area contributed by atoms with E-state index in [9.17, 15) is 13.2 Å². The van der Waals surface area contributed by atoms with Crippen molar-refractivity contribution in [2.75, 3.05) is 12.3 Å². The van der Waals surface area contributed by atoms with Crippen LogP contribution in [0.1, 0.15) is 13.3 Å². The highest BCUT2D eigenvalue weighted by atomic mass is 32.2. The normalized spacial score (nSPS) is 41.7. The zero-order valence-corrected chi connectivity index (χ0v) is 7.02. The standard InChI is InChI=1S/C6H9NO3S/c1-6-2-3-7(6)11(9,10)4-5(6)8/h2-4H2,1H3. The molecule has 1 unspecified atom stereocenters. The molecule has 1 atom stereocenters. The molecule has 4 nitrogen and oxygen atoms in total. The van der Waals surface area contributed by atoms with Crippen LogP contribution in [0.4, 0.5) is 0 Å². The highest BCUT2D eigenvalue weighted by Gasteiger charge is 2.58. The number of rotatable bonds is 0. The van der Waals surface area contributed by atoms with Crippen LogP contribution in [0.5, 0.6) is 0 Å². The van der Waals surface area contributed by atoms with Gasteiger partial charge < -0.3 is 0 Å². The molecule has 11 heavy (non-hydrogen) atoms. The fourth-order valence-corrected chi connectivity index (χ4v) is 3.64. The first-order chi connectivity index (χ1) is 4.97. The molecular weight excluding hydrogens is 166 g/mol. The molecule has 0 aliphatic carbocycles. The Kier molecular flexibility index (Phi) is 1.10. The van der Waals surface area contributed by atoms with E-state index in [0.717, 1.165) is 0 Å². The van der Waals surface area contributed by atoms with Crippen molar-refractivity contribution >= 4 is 15.8 Å². The van der Waals surface area contributed by atoms with Crippen molar-refractivity contribution in [3.63, 3.8) is 0 Å². The SMILES string of the molecule is CC12CCN1S(=O)(=O)CC2=O. The number of sulfonamides is 1. The van der Waals surface area contributed by atoms with Crippen LogP contribution in [-0.4, -0.2) is 36.3 Å². The van der Waals surface area contributed by atoms with Crippen LogP contribution in [0, 0.1) is 0 Å². The predicted molar refractivity (Wildman–Crippen MR) is 38.5 cm³/mol. The summed E-state index contributed by atoms with van der Waals surface area (Å²) in [7, 11) is -3.21. The van der Waals surface area contributed by atoms with Gasteiger partial charge in [-0.25, -0.2) is 8.42 Å². The summed E-state index contributed by atoms with van der Waals surface area (Å²) >= 11 is 0. The van der Waals surface area contributed by atoms with Crippen LogP contribution in [0.25, 0.3) is 0 Å². The first-order valence-corrected chi connectivity index (χ1v) is 5.11. The van der Waals surface area contributed by atoms with Gasteiger partial charge in [0.1, 0.15) is 5.75 Å². The number of carbonyl (C=O) groups excluding carboxylic acids is 1. The molecule has 0 radical (unpaired) electrons. The Morgan fingerprint density at radius 1 is 1.55 bits per heavy atom. The lowest BCUT2D eigenvalue weighted by atomic mass is 9.87. The van der Waals surface area contributed by atoms with E-state index < -0.39 is 15.6 Å². The summed E-state index contributed by atoms with van der Waals surface area (Å²) in [5.41, 5.74) is -0.668. The molecular formula is C6H9NO3S. The van der Waals surface area contributed by atoms with E-state index in [-0.39, 0.29) is 11.5 Å². The summed E-state index contributed by atoms with van der Waals surface area (Å²) in [6.07, 6.45) is 0.686. The van der Waals surface area contributed by atoms with E-state index in [1.807, 2.05) is 0 Å². The maximum atomic E-state index is 11.2. The van der Waals surface area contributed by atoms with Gasteiger partial charge in [0.2, 0.25) is 10.0 Å². The number of ketones is 1. The topological polar surface area (TPSA) is 54.5 Å². The molecule has 2 fully saturated rings. The van der Waals surface area contributed by atoms with E-state index in [1.165, 1.54) is 4.31 Å². The van der Waals surface area contributed by atoms with E-state index in [1.54, 1.807) is 6.92 Å². The Hall–Kier alpha value is -0.420. The highest BCUT2D eigenvalue weighted by Crippen LogP contribution is 2.39. The second-order valence-electron chi connectivity index (χ2n) is 3.28. The summed E-state index contributed by atoms with van der Waals surface area (Å²) < 4.78 is 23.6. The van der Waals surface area contributed by atoms with Crippen molar-refractivity contribution in [3.05, 3.63) is 0 Å². The van der Waals surface area contributed by atoms with Gasteiger partial charge in [0, 0.05) is 6.54 Å². The van der Waals surface area contributed by atoms with Crippen LogP contribution >= 0.6 is 0 Å². The maximum absolute atomic E-state index is 11.2. The summed E-state index contributed by atoms with van der Waals surface area (Å²) in [5.74, 6) is -0.438. The van der Waals surface area contributed by atoms with E-state index >= 15 is 0 Å². The molecule has 0 spiro atoms. The zero-order valence-electron chi connectivity index (χ0n) is 6.20. The van der Waals surface area contributed by atoms with Gasteiger partial charge in [-0.2, -0.15) is 4.31 Å². The number of hydrogen-bond donors (Lipinski definition) is 0. The molecule has 2 aliphatic rings. The third-order valence-electron chi connectivity index (χ3n) is 2.60. The molecule has 0 aromatic heterocycles. The van der Waals surface area contributed by atoms with Crippen LogP contribution in [0.3, 0.4) is 0 Å². The molecule has 0 N–H and O–H groups in total. The minimum Gasteiger partial charge on any atom is -0.296 e. The molecule has 0 aromatic carbocycles. The summed E-state index contributed by atoms with van der Waals surface area (Å²) in [6.45, 7) is 2.22. The van der Waals surface area contributed by atoms with Gasteiger partial charge >= 0.3 is 0 Å². The van der Waals surface area contributed by atoms with Gasteiger partial charge in [-0.3, -0.25) is 4.79 Å². The van der Waals surface area contributed by atoms with Crippen molar-refractivity contribution in [3.8, 4) is 0 Å². The molecule has 0 aromatic rings. The number of Topliss-reactive ketones (excluding diaryl/α,β-unsaturated/α-hetero) is 1. The van der Waals surface area contributed by atoms with Crippen LogP contribution in [0.2, 0.25) is 0 Å². The first-order valence-electron chi connectivity index (χ1n) is 3.51. The average Bonchev–Trinajstić information content (AvgIpc) is 1.88.